The first kappa shape index (κ1) is 13.8. The van der Waals surface area contributed by atoms with Gasteiger partial charge < -0.3 is 0 Å². The molecule has 0 unspecified atom stereocenters. The molecule has 0 saturated heterocycles. The van der Waals surface area contributed by atoms with Gasteiger partial charge in [0.1, 0.15) is 5.82 Å². The number of carbonyl (C=O) groups is 1. The van der Waals surface area contributed by atoms with Gasteiger partial charge in [-0.25, -0.2) is 4.39 Å². The first-order valence-corrected chi connectivity index (χ1v) is 6.36. The van der Waals surface area contributed by atoms with Crippen molar-refractivity contribution in [3.63, 3.8) is 0 Å². The van der Waals surface area contributed by atoms with Crippen molar-refractivity contribution in [3.8, 4) is 11.1 Å². The van der Waals surface area contributed by atoms with Crippen LogP contribution in [-0.4, -0.2) is 5.78 Å². The number of carbonyl (C=O) groups excluding carboxylic acids is 1. The van der Waals surface area contributed by atoms with E-state index in [1.807, 2.05) is 32.0 Å². The van der Waals surface area contributed by atoms with E-state index >= 15 is 0 Å². The van der Waals surface area contributed by atoms with Gasteiger partial charge in [-0.15, -0.1) is 0 Å². The van der Waals surface area contributed by atoms with E-state index in [4.69, 9.17) is 11.6 Å². The molecule has 0 aliphatic carbocycles. The first-order chi connectivity index (χ1) is 8.91. The van der Waals surface area contributed by atoms with E-state index in [-0.39, 0.29) is 16.4 Å². The topological polar surface area (TPSA) is 17.1 Å². The zero-order chi connectivity index (χ0) is 14.2. The van der Waals surface area contributed by atoms with Crippen molar-refractivity contribution in [3.05, 3.63) is 57.9 Å². The number of hydrogen-bond donors (Lipinski definition) is 0. The van der Waals surface area contributed by atoms with Crippen LogP contribution in [0.1, 0.15) is 28.4 Å². The molecule has 0 fully saturated rings. The van der Waals surface area contributed by atoms with E-state index in [0.29, 0.717) is 5.56 Å². The highest BCUT2D eigenvalue weighted by Crippen LogP contribution is 2.34. The molecule has 2 aromatic carbocycles. The zero-order valence-electron chi connectivity index (χ0n) is 11.1. The van der Waals surface area contributed by atoms with Crippen LogP contribution < -0.4 is 0 Å². The monoisotopic (exact) mass is 276 g/mol. The smallest absolute Gasteiger partial charge is 0.164 e. The van der Waals surface area contributed by atoms with E-state index < -0.39 is 5.82 Å². The fraction of sp³-hybridized carbons (Fsp3) is 0.188. The lowest BCUT2D eigenvalue weighted by atomic mass is 9.96. The molecule has 98 valence electrons. The summed E-state index contributed by atoms with van der Waals surface area (Å²) >= 11 is 6.21. The Morgan fingerprint density at radius 3 is 2.42 bits per heavy atom. The van der Waals surface area contributed by atoms with Gasteiger partial charge in [-0.05, 0) is 44.0 Å². The molecular weight excluding hydrogens is 263 g/mol. The largest absolute Gasteiger partial charge is 0.294 e. The van der Waals surface area contributed by atoms with E-state index in [2.05, 4.69) is 0 Å². The van der Waals surface area contributed by atoms with Crippen LogP contribution in [0, 0.1) is 19.7 Å². The van der Waals surface area contributed by atoms with Crippen molar-refractivity contribution in [1.82, 2.24) is 0 Å². The van der Waals surface area contributed by atoms with Gasteiger partial charge in [-0.1, -0.05) is 35.4 Å². The van der Waals surface area contributed by atoms with Gasteiger partial charge in [0.15, 0.2) is 5.78 Å². The standard InChI is InChI=1S/C16H14ClFO/c1-9-4-5-10(2)13(8-9)12-6-7-14(18)15(11(3)19)16(12)17/h4-8H,1-3H3. The Kier molecular flexibility index (Phi) is 3.72. The molecule has 0 saturated carbocycles. The van der Waals surface area contributed by atoms with Gasteiger partial charge in [0.05, 0.1) is 10.6 Å². The molecule has 2 aromatic rings. The SMILES string of the molecule is CC(=O)c1c(F)ccc(-c2cc(C)ccc2C)c1Cl. The summed E-state index contributed by atoms with van der Waals surface area (Å²) in [6.07, 6.45) is 0. The molecule has 0 atom stereocenters. The van der Waals surface area contributed by atoms with Crippen molar-refractivity contribution in [2.45, 2.75) is 20.8 Å². The van der Waals surface area contributed by atoms with Crippen LogP contribution in [0.4, 0.5) is 4.39 Å². The second-order valence-electron chi connectivity index (χ2n) is 4.66. The maximum atomic E-state index is 13.7. The van der Waals surface area contributed by atoms with Gasteiger partial charge in [0.2, 0.25) is 0 Å². The predicted octanol–water partition coefficient (Wildman–Crippen LogP) is 4.97. The van der Waals surface area contributed by atoms with Crippen molar-refractivity contribution in [2.24, 2.45) is 0 Å². The molecule has 0 amide bonds. The average molecular weight is 277 g/mol. The number of aryl methyl sites for hydroxylation is 2. The number of Topliss-reactive ketones (excluding diaryl/α,β-unsaturated/α-hetero) is 1. The number of hydrogen-bond acceptors (Lipinski definition) is 1. The number of halogens is 2. The molecule has 2 rings (SSSR count). The minimum atomic E-state index is -0.577. The Morgan fingerprint density at radius 2 is 1.79 bits per heavy atom. The van der Waals surface area contributed by atoms with E-state index in [1.165, 1.54) is 13.0 Å². The molecule has 19 heavy (non-hydrogen) atoms. The molecule has 0 bridgehead atoms. The normalized spacial score (nSPS) is 10.6. The van der Waals surface area contributed by atoms with Crippen LogP contribution in [0.25, 0.3) is 11.1 Å². The second-order valence-corrected chi connectivity index (χ2v) is 5.04. The Balaban J connectivity index is 2.73. The minimum absolute atomic E-state index is 0.0416. The van der Waals surface area contributed by atoms with E-state index in [1.54, 1.807) is 6.07 Å². The van der Waals surface area contributed by atoms with Crippen LogP contribution in [0.3, 0.4) is 0 Å². The summed E-state index contributed by atoms with van der Waals surface area (Å²) < 4.78 is 13.7. The summed E-state index contributed by atoms with van der Waals surface area (Å²) in [5, 5.41) is 0.182. The lowest BCUT2D eigenvalue weighted by Gasteiger charge is -2.12. The fourth-order valence-corrected chi connectivity index (χ4v) is 2.50. The van der Waals surface area contributed by atoms with Crippen LogP contribution >= 0.6 is 11.6 Å². The summed E-state index contributed by atoms with van der Waals surface area (Å²) in [6.45, 7) is 5.26. The lowest BCUT2D eigenvalue weighted by molar-refractivity contribution is 0.101. The summed E-state index contributed by atoms with van der Waals surface area (Å²) in [6, 6.07) is 8.88. The highest BCUT2D eigenvalue weighted by Gasteiger charge is 2.17. The maximum absolute atomic E-state index is 13.7. The number of ketones is 1. The molecule has 0 aromatic heterocycles. The molecule has 0 N–H and O–H groups in total. The van der Waals surface area contributed by atoms with Crippen LogP contribution in [0.2, 0.25) is 5.02 Å². The van der Waals surface area contributed by atoms with E-state index in [9.17, 15) is 9.18 Å². The summed E-state index contributed by atoms with van der Waals surface area (Å²) in [7, 11) is 0. The minimum Gasteiger partial charge on any atom is -0.294 e. The highest BCUT2D eigenvalue weighted by atomic mass is 35.5. The molecule has 3 heteroatoms. The first-order valence-electron chi connectivity index (χ1n) is 5.98. The maximum Gasteiger partial charge on any atom is 0.164 e. The van der Waals surface area contributed by atoms with Crippen molar-refractivity contribution in [2.75, 3.05) is 0 Å². The van der Waals surface area contributed by atoms with Crippen LogP contribution in [0.5, 0.6) is 0 Å². The molecule has 1 nitrogen and oxygen atoms in total. The Labute approximate surface area is 117 Å². The van der Waals surface area contributed by atoms with Gasteiger partial charge in [-0.3, -0.25) is 4.79 Å². The molecular formula is C16H14ClFO. The Bertz CT molecular complexity index is 662. The third-order valence-corrected chi connectivity index (χ3v) is 3.52. The lowest BCUT2D eigenvalue weighted by Crippen LogP contribution is -2.00. The van der Waals surface area contributed by atoms with Gasteiger partial charge >= 0.3 is 0 Å². The van der Waals surface area contributed by atoms with Crippen molar-refractivity contribution < 1.29 is 9.18 Å². The quantitative estimate of drug-likeness (QED) is 0.708. The third kappa shape index (κ3) is 2.54. The van der Waals surface area contributed by atoms with Gasteiger partial charge in [0, 0.05) is 5.56 Å². The summed E-state index contributed by atoms with van der Waals surface area (Å²) in [4.78, 5) is 11.5. The third-order valence-electron chi connectivity index (χ3n) is 3.13. The van der Waals surface area contributed by atoms with Crippen molar-refractivity contribution >= 4 is 17.4 Å². The van der Waals surface area contributed by atoms with Gasteiger partial charge in [-0.2, -0.15) is 0 Å². The number of rotatable bonds is 2. The molecule has 0 radical (unpaired) electrons. The second kappa shape index (κ2) is 5.14. The molecule has 0 spiro atoms. The number of benzene rings is 2. The zero-order valence-corrected chi connectivity index (χ0v) is 11.8. The summed E-state index contributed by atoms with van der Waals surface area (Å²) in [5.41, 5.74) is 3.70. The summed E-state index contributed by atoms with van der Waals surface area (Å²) in [5.74, 6) is -0.943. The molecule has 0 aliphatic heterocycles. The molecule has 0 heterocycles. The Hall–Kier alpha value is -1.67. The van der Waals surface area contributed by atoms with Crippen molar-refractivity contribution in [1.29, 1.82) is 0 Å². The highest BCUT2D eigenvalue weighted by molar-refractivity contribution is 6.36. The predicted molar refractivity (Wildman–Crippen MR) is 76.3 cm³/mol. The van der Waals surface area contributed by atoms with Crippen LogP contribution in [-0.2, 0) is 0 Å². The van der Waals surface area contributed by atoms with Gasteiger partial charge in [0.25, 0.3) is 0 Å². The Morgan fingerprint density at radius 1 is 1.11 bits per heavy atom. The molecule has 0 aliphatic rings. The fourth-order valence-electron chi connectivity index (χ4n) is 2.11. The van der Waals surface area contributed by atoms with E-state index in [0.717, 1.165) is 16.7 Å². The van der Waals surface area contributed by atoms with Crippen LogP contribution in [0.15, 0.2) is 30.3 Å². The average Bonchev–Trinajstić information content (AvgIpc) is 2.32.